The predicted octanol–water partition coefficient (Wildman–Crippen LogP) is 4.66. The Morgan fingerprint density at radius 3 is 2.03 bits per heavy atom. The molecule has 0 unspecified atom stereocenters. The molecule has 1 aliphatic rings. The molecule has 3 aromatic carbocycles. The first-order chi connectivity index (χ1) is 14.2. The van der Waals surface area contributed by atoms with Crippen LogP contribution >= 0.6 is 0 Å². The fourth-order valence-corrected chi connectivity index (χ4v) is 3.52. The molecule has 0 bridgehead atoms. The number of rotatable bonds is 4. The van der Waals surface area contributed by atoms with Crippen molar-refractivity contribution >= 4 is 12.1 Å². The minimum absolute atomic E-state index is 0.142. The quantitative estimate of drug-likeness (QED) is 0.611. The summed E-state index contributed by atoms with van der Waals surface area (Å²) < 4.78 is 11.2. The zero-order valence-corrected chi connectivity index (χ0v) is 15.8. The number of esters is 1. The van der Waals surface area contributed by atoms with Gasteiger partial charge in [-0.15, -0.1) is 0 Å². The normalized spacial score (nSPS) is 18.8. The SMILES string of the molecule is O=C1CN(C(=O)OCc2ccccc2)[C@H](c2ccccc2)[C@@H](c2ccccc2)O1. The number of morpholine rings is 1. The molecular formula is C24H21NO4. The van der Waals surface area contributed by atoms with Crippen molar-refractivity contribution in [1.29, 1.82) is 0 Å². The molecule has 1 aliphatic heterocycles. The first-order valence-corrected chi connectivity index (χ1v) is 9.49. The molecule has 0 aliphatic carbocycles. The van der Waals surface area contributed by atoms with E-state index in [9.17, 15) is 9.59 Å². The lowest BCUT2D eigenvalue weighted by atomic mass is 9.93. The lowest BCUT2D eigenvalue weighted by molar-refractivity contribution is -0.164. The summed E-state index contributed by atoms with van der Waals surface area (Å²) in [5, 5.41) is 0. The number of carbonyl (C=O) groups is 2. The van der Waals surface area contributed by atoms with Crippen LogP contribution in [0.2, 0.25) is 0 Å². The van der Waals surface area contributed by atoms with E-state index in [0.717, 1.165) is 16.7 Å². The highest BCUT2D eigenvalue weighted by atomic mass is 16.6. The van der Waals surface area contributed by atoms with Crippen LogP contribution in [0.25, 0.3) is 0 Å². The molecule has 0 N–H and O–H groups in total. The number of benzene rings is 3. The predicted molar refractivity (Wildman–Crippen MR) is 108 cm³/mol. The van der Waals surface area contributed by atoms with Gasteiger partial charge in [0, 0.05) is 0 Å². The second kappa shape index (κ2) is 8.61. The fraction of sp³-hybridized carbons (Fsp3) is 0.167. The van der Waals surface area contributed by atoms with E-state index in [1.165, 1.54) is 4.90 Å². The Balaban J connectivity index is 1.64. The summed E-state index contributed by atoms with van der Waals surface area (Å²) in [6.07, 6.45) is -1.15. The van der Waals surface area contributed by atoms with Gasteiger partial charge < -0.3 is 9.47 Å². The number of hydrogen-bond acceptors (Lipinski definition) is 4. The maximum Gasteiger partial charge on any atom is 0.411 e. The van der Waals surface area contributed by atoms with Crippen LogP contribution in [-0.2, 0) is 20.9 Å². The molecule has 5 nitrogen and oxygen atoms in total. The van der Waals surface area contributed by atoms with Crippen molar-refractivity contribution in [3.8, 4) is 0 Å². The molecule has 1 saturated heterocycles. The Bertz CT molecular complexity index is 960. The molecule has 0 radical (unpaired) electrons. The number of hydrogen-bond donors (Lipinski definition) is 0. The molecule has 0 aromatic heterocycles. The smallest absolute Gasteiger partial charge is 0.411 e. The van der Waals surface area contributed by atoms with Crippen molar-refractivity contribution in [2.45, 2.75) is 18.8 Å². The van der Waals surface area contributed by atoms with Gasteiger partial charge >= 0.3 is 12.1 Å². The lowest BCUT2D eigenvalue weighted by Gasteiger charge is -2.40. The van der Waals surface area contributed by atoms with Crippen LogP contribution in [-0.4, -0.2) is 23.5 Å². The summed E-state index contributed by atoms with van der Waals surface area (Å²) in [6, 6.07) is 28.0. The monoisotopic (exact) mass is 387 g/mol. The fourth-order valence-electron chi connectivity index (χ4n) is 3.52. The van der Waals surface area contributed by atoms with Crippen LogP contribution in [0.5, 0.6) is 0 Å². The van der Waals surface area contributed by atoms with Gasteiger partial charge in [-0.25, -0.2) is 4.79 Å². The molecule has 1 heterocycles. The number of nitrogens with zero attached hydrogens (tertiary/aromatic N) is 1. The zero-order chi connectivity index (χ0) is 20.1. The summed E-state index contributed by atoms with van der Waals surface area (Å²) >= 11 is 0. The largest absolute Gasteiger partial charge is 0.454 e. The molecule has 29 heavy (non-hydrogen) atoms. The van der Waals surface area contributed by atoms with Gasteiger partial charge in [-0.05, 0) is 16.7 Å². The van der Waals surface area contributed by atoms with Gasteiger partial charge in [0.25, 0.3) is 0 Å². The standard InChI is InChI=1S/C24H21NO4/c26-21-16-25(24(27)28-17-18-10-4-1-5-11-18)22(19-12-6-2-7-13-19)23(29-21)20-14-8-3-9-15-20/h1-15,22-23H,16-17H2/t22-,23-/m1/s1. The highest BCUT2D eigenvalue weighted by Gasteiger charge is 2.42. The van der Waals surface area contributed by atoms with Crippen LogP contribution < -0.4 is 0 Å². The van der Waals surface area contributed by atoms with Crippen molar-refractivity contribution in [3.05, 3.63) is 108 Å². The van der Waals surface area contributed by atoms with Gasteiger partial charge in [-0.1, -0.05) is 91.0 Å². The first kappa shape index (κ1) is 18.7. The molecular weight excluding hydrogens is 366 g/mol. The van der Waals surface area contributed by atoms with E-state index in [1.807, 2.05) is 91.0 Å². The van der Waals surface area contributed by atoms with Crippen LogP contribution in [0.1, 0.15) is 28.8 Å². The molecule has 0 spiro atoms. The van der Waals surface area contributed by atoms with E-state index in [-0.39, 0.29) is 13.2 Å². The molecule has 0 saturated carbocycles. The first-order valence-electron chi connectivity index (χ1n) is 9.49. The second-order valence-electron chi connectivity index (χ2n) is 6.84. The minimum Gasteiger partial charge on any atom is -0.454 e. The number of ether oxygens (including phenoxy) is 2. The maximum absolute atomic E-state index is 13.0. The summed E-state index contributed by atoms with van der Waals surface area (Å²) in [5.74, 6) is -0.456. The van der Waals surface area contributed by atoms with E-state index in [4.69, 9.17) is 9.47 Å². The zero-order valence-electron chi connectivity index (χ0n) is 15.8. The molecule has 1 amide bonds. The van der Waals surface area contributed by atoms with Crippen LogP contribution in [0.4, 0.5) is 4.79 Å². The van der Waals surface area contributed by atoms with Gasteiger partial charge in [0.2, 0.25) is 0 Å². The van der Waals surface area contributed by atoms with Crippen molar-refractivity contribution in [2.24, 2.45) is 0 Å². The number of cyclic esters (lactones) is 1. The highest BCUT2D eigenvalue weighted by Crippen LogP contribution is 2.40. The average molecular weight is 387 g/mol. The van der Waals surface area contributed by atoms with Gasteiger partial charge in [0.15, 0.2) is 6.10 Å². The average Bonchev–Trinajstić information content (AvgIpc) is 2.78. The number of carbonyl (C=O) groups excluding carboxylic acids is 2. The van der Waals surface area contributed by atoms with Crippen molar-refractivity contribution < 1.29 is 19.1 Å². The van der Waals surface area contributed by atoms with Crippen LogP contribution in [0, 0.1) is 0 Å². The van der Waals surface area contributed by atoms with Gasteiger partial charge in [0.1, 0.15) is 19.2 Å². The molecule has 2 atom stereocenters. The van der Waals surface area contributed by atoms with Crippen molar-refractivity contribution in [2.75, 3.05) is 6.54 Å². The van der Waals surface area contributed by atoms with Crippen LogP contribution in [0.3, 0.4) is 0 Å². The topological polar surface area (TPSA) is 55.8 Å². The lowest BCUT2D eigenvalue weighted by Crippen LogP contribution is -2.47. The Morgan fingerprint density at radius 2 is 1.41 bits per heavy atom. The van der Waals surface area contributed by atoms with E-state index in [1.54, 1.807) is 0 Å². The minimum atomic E-state index is -0.607. The van der Waals surface area contributed by atoms with E-state index in [0.29, 0.717) is 0 Å². The molecule has 4 rings (SSSR count). The second-order valence-corrected chi connectivity index (χ2v) is 6.84. The van der Waals surface area contributed by atoms with E-state index < -0.39 is 24.2 Å². The Kier molecular flexibility index (Phi) is 5.56. The van der Waals surface area contributed by atoms with Gasteiger partial charge in [-0.2, -0.15) is 0 Å². The van der Waals surface area contributed by atoms with Gasteiger partial charge in [0.05, 0.1) is 0 Å². The van der Waals surface area contributed by atoms with E-state index in [2.05, 4.69) is 0 Å². The van der Waals surface area contributed by atoms with Crippen LogP contribution in [0.15, 0.2) is 91.0 Å². The van der Waals surface area contributed by atoms with Crippen molar-refractivity contribution in [1.82, 2.24) is 4.90 Å². The third-order valence-corrected chi connectivity index (χ3v) is 4.89. The third kappa shape index (κ3) is 4.29. The van der Waals surface area contributed by atoms with E-state index >= 15 is 0 Å². The Hall–Kier alpha value is -3.60. The summed E-state index contributed by atoms with van der Waals surface area (Å²) in [7, 11) is 0. The third-order valence-electron chi connectivity index (χ3n) is 4.89. The maximum atomic E-state index is 13.0. The highest BCUT2D eigenvalue weighted by molar-refractivity contribution is 5.80. The summed E-state index contributed by atoms with van der Waals surface area (Å²) in [6.45, 7) is -0.0146. The molecule has 1 fully saturated rings. The van der Waals surface area contributed by atoms with Gasteiger partial charge in [-0.3, -0.25) is 9.69 Å². The summed E-state index contributed by atoms with van der Waals surface area (Å²) in [5.41, 5.74) is 2.59. The summed E-state index contributed by atoms with van der Waals surface area (Å²) in [4.78, 5) is 26.8. The molecule has 3 aromatic rings. The molecule has 5 heteroatoms. The number of amides is 1. The van der Waals surface area contributed by atoms with Crippen molar-refractivity contribution in [3.63, 3.8) is 0 Å². The Labute approximate surface area is 169 Å². The molecule has 146 valence electrons. The Morgan fingerprint density at radius 1 is 0.862 bits per heavy atom.